The lowest BCUT2D eigenvalue weighted by atomic mass is 9.87. The van der Waals surface area contributed by atoms with Crippen molar-refractivity contribution in [1.29, 1.82) is 0 Å². The fourth-order valence-corrected chi connectivity index (χ4v) is 9.39. The van der Waals surface area contributed by atoms with E-state index in [1.165, 1.54) is 0 Å². The SMILES string of the molecule is O=P(c1ccccc1)(c1ccccc1)C(c1ccccc1)(c1ccccc1)c1cc2ccc(Cl)cc2[nH]1. The molecule has 0 aliphatic heterocycles. The molecule has 1 N–H and O–H groups in total. The highest BCUT2D eigenvalue weighted by Crippen LogP contribution is 2.67. The number of hydrogen-bond acceptors (Lipinski definition) is 1. The van der Waals surface area contributed by atoms with E-state index in [1.807, 2.05) is 115 Å². The molecule has 37 heavy (non-hydrogen) atoms. The number of rotatable bonds is 6. The fraction of sp³-hybridized carbons (Fsp3) is 0.0303. The molecule has 6 rings (SSSR count). The third-order valence-electron chi connectivity index (χ3n) is 7.07. The summed E-state index contributed by atoms with van der Waals surface area (Å²) in [5, 5.41) is 2.23. The van der Waals surface area contributed by atoms with Crippen molar-refractivity contribution in [3.05, 3.63) is 167 Å². The maximum Gasteiger partial charge on any atom is 0.163 e. The number of aromatic amines is 1. The van der Waals surface area contributed by atoms with E-state index < -0.39 is 12.3 Å². The summed E-state index contributed by atoms with van der Waals surface area (Å²) in [6, 6.07) is 48.2. The summed E-state index contributed by atoms with van der Waals surface area (Å²) in [5.41, 5.74) is 3.68. The van der Waals surface area contributed by atoms with Crippen molar-refractivity contribution in [2.45, 2.75) is 5.16 Å². The van der Waals surface area contributed by atoms with Gasteiger partial charge in [0.1, 0.15) is 5.16 Å². The number of H-pyrrole nitrogens is 1. The van der Waals surface area contributed by atoms with Crippen LogP contribution in [0.2, 0.25) is 5.02 Å². The normalized spacial score (nSPS) is 12.0. The molecule has 0 fully saturated rings. The molecule has 6 aromatic rings. The number of aromatic nitrogens is 1. The van der Waals surface area contributed by atoms with Crippen molar-refractivity contribution in [3.8, 4) is 0 Å². The van der Waals surface area contributed by atoms with Gasteiger partial charge < -0.3 is 9.55 Å². The second-order valence-corrected chi connectivity index (χ2v) is 12.5. The Kier molecular flexibility index (Phi) is 6.08. The first kappa shape index (κ1) is 23.6. The quantitative estimate of drug-likeness (QED) is 0.222. The molecule has 0 amide bonds. The van der Waals surface area contributed by atoms with Gasteiger partial charge in [-0.15, -0.1) is 0 Å². The zero-order chi connectivity index (χ0) is 25.3. The molecule has 0 aliphatic carbocycles. The molecule has 0 unspecified atom stereocenters. The fourth-order valence-electron chi connectivity index (χ4n) is 5.48. The van der Waals surface area contributed by atoms with E-state index in [9.17, 15) is 0 Å². The minimum Gasteiger partial charge on any atom is -0.357 e. The van der Waals surface area contributed by atoms with Crippen molar-refractivity contribution in [2.75, 3.05) is 0 Å². The third-order valence-corrected chi connectivity index (χ3v) is 11.1. The van der Waals surface area contributed by atoms with Gasteiger partial charge in [-0.05, 0) is 34.7 Å². The molecule has 1 heterocycles. The lowest BCUT2D eigenvalue weighted by molar-refractivity contribution is 0.570. The monoisotopic (exact) mass is 517 g/mol. The number of nitrogens with one attached hydrogen (secondary N) is 1. The maximum atomic E-state index is 16.3. The molecule has 4 heteroatoms. The van der Waals surface area contributed by atoms with Crippen molar-refractivity contribution < 1.29 is 4.57 Å². The van der Waals surface area contributed by atoms with E-state index in [2.05, 4.69) is 35.3 Å². The van der Waals surface area contributed by atoms with Gasteiger partial charge in [0.05, 0.1) is 0 Å². The maximum absolute atomic E-state index is 16.3. The van der Waals surface area contributed by atoms with E-state index in [4.69, 9.17) is 11.6 Å². The average Bonchev–Trinajstić information content (AvgIpc) is 3.38. The molecule has 0 spiro atoms. The van der Waals surface area contributed by atoms with Crippen LogP contribution in [0.5, 0.6) is 0 Å². The summed E-state index contributed by atoms with van der Waals surface area (Å²) in [6.07, 6.45) is 0. The van der Waals surface area contributed by atoms with Gasteiger partial charge in [-0.2, -0.15) is 0 Å². The van der Waals surface area contributed by atoms with Gasteiger partial charge in [-0.25, -0.2) is 0 Å². The minimum atomic E-state index is -3.46. The Bertz CT molecular complexity index is 1610. The second-order valence-electron chi connectivity index (χ2n) is 9.14. The first-order chi connectivity index (χ1) is 18.1. The van der Waals surface area contributed by atoms with Crippen LogP contribution in [-0.4, -0.2) is 4.98 Å². The predicted molar refractivity (Wildman–Crippen MR) is 156 cm³/mol. The van der Waals surface area contributed by atoms with Crippen molar-refractivity contribution >= 4 is 40.3 Å². The summed E-state index contributed by atoms with van der Waals surface area (Å²) in [4.78, 5) is 3.66. The molecule has 180 valence electrons. The predicted octanol–water partition coefficient (Wildman–Crippen LogP) is 8.13. The summed E-state index contributed by atoms with van der Waals surface area (Å²) in [7, 11) is -3.46. The summed E-state index contributed by atoms with van der Waals surface area (Å²) < 4.78 is 16.3. The van der Waals surface area contributed by atoms with Crippen molar-refractivity contribution in [1.82, 2.24) is 4.98 Å². The van der Waals surface area contributed by atoms with E-state index in [-0.39, 0.29) is 0 Å². The molecule has 0 radical (unpaired) electrons. The Hall–Kier alpha value is -3.84. The van der Waals surface area contributed by atoms with Gasteiger partial charge >= 0.3 is 0 Å². The van der Waals surface area contributed by atoms with Crippen LogP contribution in [-0.2, 0) is 9.72 Å². The molecule has 0 atom stereocenters. The molecule has 1 aromatic heterocycles. The molecular weight excluding hydrogens is 493 g/mol. The van der Waals surface area contributed by atoms with Crippen LogP contribution in [0.4, 0.5) is 0 Å². The molecule has 0 saturated heterocycles. The van der Waals surface area contributed by atoms with E-state index >= 15 is 4.57 Å². The molecule has 0 bridgehead atoms. The Morgan fingerprint density at radius 3 is 1.51 bits per heavy atom. The van der Waals surface area contributed by atoms with Gasteiger partial charge in [0.15, 0.2) is 7.14 Å². The summed E-state index contributed by atoms with van der Waals surface area (Å²) in [6.45, 7) is 0. The highest BCUT2D eigenvalue weighted by molar-refractivity contribution is 7.80. The van der Waals surface area contributed by atoms with Gasteiger partial charge in [0.2, 0.25) is 0 Å². The molecule has 5 aromatic carbocycles. The highest BCUT2D eigenvalue weighted by Gasteiger charge is 2.54. The lowest BCUT2D eigenvalue weighted by Gasteiger charge is -2.42. The standard InChI is InChI=1S/C33H25ClNOP/c34-28-22-21-25-23-32(35-31(25)24-28)33(26-13-5-1-6-14-26,27-15-7-2-8-16-27)37(36,29-17-9-3-10-18-29)30-19-11-4-12-20-30/h1-24,35H. The van der Waals surface area contributed by atoms with Crippen LogP contribution >= 0.6 is 18.7 Å². The van der Waals surface area contributed by atoms with Crippen LogP contribution in [0.3, 0.4) is 0 Å². The number of halogens is 1. The van der Waals surface area contributed by atoms with Gasteiger partial charge in [0.25, 0.3) is 0 Å². The Labute approximate surface area is 222 Å². The average molecular weight is 518 g/mol. The molecule has 2 nitrogen and oxygen atoms in total. The van der Waals surface area contributed by atoms with Gasteiger partial charge in [-0.1, -0.05) is 139 Å². The summed E-state index contributed by atoms with van der Waals surface area (Å²) >= 11 is 6.38. The Balaban J connectivity index is 1.84. The number of fused-ring (bicyclic) bond motifs is 1. The van der Waals surface area contributed by atoms with E-state index in [1.54, 1.807) is 0 Å². The number of benzene rings is 5. The Morgan fingerprint density at radius 1 is 0.568 bits per heavy atom. The number of hydrogen-bond donors (Lipinski definition) is 1. The molecular formula is C33H25ClNOP. The van der Waals surface area contributed by atoms with Gasteiger partial charge in [0, 0.05) is 26.8 Å². The highest BCUT2D eigenvalue weighted by atomic mass is 35.5. The van der Waals surface area contributed by atoms with Gasteiger partial charge in [-0.3, -0.25) is 0 Å². The Morgan fingerprint density at radius 2 is 1.03 bits per heavy atom. The zero-order valence-corrected chi connectivity index (χ0v) is 21.7. The van der Waals surface area contributed by atoms with Crippen LogP contribution in [0.1, 0.15) is 16.8 Å². The van der Waals surface area contributed by atoms with Crippen LogP contribution in [0.25, 0.3) is 10.9 Å². The first-order valence-corrected chi connectivity index (χ1v) is 14.3. The smallest absolute Gasteiger partial charge is 0.163 e. The zero-order valence-electron chi connectivity index (χ0n) is 20.1. The topological polar surface area (TPSA) is 32.9 Å². The largest absolute Gasteiger partial charge is 0.357 e. The molecule has 0 aliphatic rings. The van der Waals surface area contributed by atoms with E-state index in [0.717, 1.165) is 38.3 Å². The minimum absolute atomic E-state index is 0.653. The van der Waals surface area contributed by atoms with Crippen molar-refractivity contribution in [2.24, 2.45) is 0 Å². The van der Waals surface area contributed by atoms with Crippen LogP contribution in [0.15, 0.2) is 146 Å². The summed E-state index contributed by atoms with van der Waals surface area (Å²) in [5.74, 6) is 0. The third kappa shape index (κ3) is 3.76. The second kappa shape index (κ2) is 9.56. The van der Waals surface area contributed by atoms with Crippen molar-refractivity contribution in [3.63, 3.8) is 0 Å². The lowest BCUT2D eigenvalue weighted by Crippen LogP contribution is -2.38. The van der Waals surface area contributed by atoms with Crippen LogP contribution < -0.4 is 10.6 Å². The van der Waals surface area contributed by atoms with Crippen LogP contribution in [0, 0.1) is 0 Å². The van der Waals surface area contributed by atoms with E-state index in [0.29, 0.717) is 5.02 Å². The first-order valence-electron chi connectivity index (χ1n) is 12.3. The molecule has 0 saturated carbocycles.